The quantitative estimate of drug-likeness (QED) is 0.758. The normalized spacial score (nSPS) is 17.1. The molecule has 12 heteroatoms. The number of benzene rings is 1. The van der Waals surface area contributed by atoms with E-state index < -0.39 is 35.2 Å². The van der Waals surface area contributed by atoms with E-state index in [9.17, 15) is 35.9 Å². The zero-order chi connectivity index (χ0) is 19.7. The molecule has 1 saturated heterocycles. The summed E-state index contributed by atoms with van der Waals surface area (Å²) < 4.78 is 78.2. The van der Waals surface area contributed by atoms with E-state index in [1.807, 2.05) is 0 Å². The molecular weight excluding hydrogens is 388 g/mol. The molecular formula is C14H11F6N3O2S. The molecule has 0 spiro atoms. The Morgan fingerprint density at radius 1 is 1.19 bits per heavy atom. The van der Waals surface area contributed by atoms with Crippen molar-refractivity contribution >= 4 is 34.6 Å². The Kier molecular flexibility index (Phi) is 5.54. The molecule has 0 aromatic heterocycles. The standard InChI is InChI=1S/C14H11F6N3O2S/c1-2-23-9(24)6-26-12(23)22-11(25)21-10-7(13(15,16)17)4-3-5-8(10)14(18,19)20/h3-5H,2,6H2,1H3,(H,21,25). The molecule has 2 rings (SSSR count). The molecule has 0 bridgehead atoms. The predicted octanol–water partition coefficient (Wildman–Crippen LogP) is 4.21. The maximum absolute atomic E-state index is 13.0. The summed E-state index contributed by atoms with van der Waals surface area (Å²) in [5, 5.41) is 1.47. The molecule has 1 aromatic rings. The van der Waals surface area contributed by atoms with Crippen molar-refractivity contribution in [2.24, 2.45) is 4.99 Å². The van der Waals surface area contributed by atoms with Crippen LogP contribution >= 0.6 is 11.8 Å². The minimum atomic E-state index is -5.12. The molecule has 0 aliphatic carbocycles. The van der Waals surface area contributed by atoms with E-state index >= 15 is 0 Å². The second-order valence-electron chi connectivity index (χ2n) is 4.97. The van der Waals surface area contributed by atoms with Crippen LogP contribution in [0.1, 0.15) is 18.1 Å². The predicted molar refractivity (Wildman–Crippen MR) is 82.7 cm³/mol. The fourth-order valence-corrected chi connectivity index (χ4v) is 3.12. The van der Waals surface area contributed by atoms with Crippen molar-refractivity contribution in [1.82, 2.24) is 4.90 Å². The molecule has 0 saturated carbocycles. The summed E-state index contributed by atoms with van der Waals surface area (Å²) in [5.74, 6) is -0.386. The molecule has 5 nitrogen and oxygen atoms in total. The van der Waals surface area contributed by atoms with E-state index in [1.54, 1.807) is 12.2 Å². The van der Waals surface area contributed by atoms with Crippen molar-refractivity contribution in [3.63, 3.8) is 0 Å². The Bertz CT molecular complexity index is 728. The highest BCUT2D eigenvalue weighted by Crippen LogP contribution is 2.42. The lowest BCUT2D eigenvalue weighted by molar-refractivity contribution is -0.141. The van der Waals surface area contributed by atoms with Gasteiger partial charge in [-0.25, -0.2) is 4.79 Å². The van der Waals surface area contributed by atoms with Crippen LogP contribution < -0.4 is 5.32 Å². The first kappa shape index (κ1) is 20.1. The zero-order valence-electron chi connectivity index (χ0n) is 13.0. The highest BCUT2D eigenvalue weighted by molar-refractivity contribution is 8.15. The van der Waals surface area contributed by atoms with Crippen LogP contribution in [0.4, 0.5) is 36.8 Å². The highest BCUT2D eigenvalue weighted by atomic mass is 32.2. The lowest BCUT2D eigenvalue weighted by atomic mass is 10.1. The van der Waals surface area contributed by atoms with Crippen LogP contribution in [0.5, 0.6) is 0 Å². The average Bonchev–Trinajstić information content (AvgIpc) is 2.84. The number of aliphatic imine (C=N–C) groups is 1. The molecule has 1 fully saturated rings. The van der Waals surface area contributed by atoms with Crippen molar-refractivity contribution in [3.8, 4) is 0 Å². The molecule has 1 aromatic carbocycles. The summed E-state index contributed by atoms with van der Waals surface area (Å²) in [6, 6.07) is -0.00542. The SMILES string of the molecule is CCN1C(=O)CSC1=NC(=O)Nc1c(C(F)(F)F)cccc1C(F)(F)F. The Hall–Kier alpha value is -2.24. The smallest absolute Gasteiger partial charge is 0.305 e. The largest absolute Gasteiger partial charge is 0.418 e. The van der Waals surface area contributed by atoms with Crippen molar-refractivity contribution in [3.05, 3.63) is 29.3 Å². The summed E-state index contributed by atoms with van der Waals surface area (Å²) in [4.78, 5) is 28.0. The van der Waals surface area contributed by atoms with Crippen molar-refractivity contribution in [1.29, 1.82) is 0 Å². The van der Waals surface area contributed by atoms with Crippen LogP contribution in [-0.4, -0.2) is 34.3 Å². The lowest BCUT2D eigenvalue weighted by Crippen LogP contribution is -2.30. The third-order valence-corrected chi connectivity index (χ3v) is 4.24. The van der Waals surface area contributed by atoms with Crippen LogP contribution in [0.15, 0.2) is 23.2 Å². The molecule has 1 aliphatic heterocycles. The summed E-state index contributed by atoms with van der Waals surface area (Å²) in [5.41, 5.74) is -4.73. The topological polar surface area (TPSA) is 61.8 Å². The second kappa shape index (κ2) is 7.17. The fourth-order valence-electron chi connectivity index (χ4n) is 2.17. The number of para-hydroxylation sites is 1. The van der Waals surface area contributed by atoms with Crippen molar-refractivity contribution in [2.75, 3.05) is 17.6 Å². The van der Waals surface area contributed by atoms with Gasteiger partial charge in [-0.05, 0) is 19.1 Å². The number of urea groups is 1. The maximum Gasteiger partial charge on any atom is 0.418 e. The number of halogens is 6. The van der Waals surface area contributed by atoms with Crippen LogP contribution in [-0.2, 0) is 17.1 Å². The monoisotopic (exact) mass is 399 g/mol. The number of hydrogen-bond acceptors (Lipinski definition) is 3. The summed E-state index contributed by atoms with van der Waals surface area (Å²) in [7, 11) is 0. The van der Waals surface area contributed by atoms with Gasteiger partial charge in [0.2, 0.25) is 5.91 Å². The first-order valence-electron chi connectivity index (χ1n) is 7.05. The minimum Gasteiger partial charge on any atom is -0.305 e. The number of nitrogens with zero attached hydrogens (tertiary/aromatic N) is 2. The molecule has 0 atom stereocenters. The van der Waals surface area contributed by atoms with E-state index in [1.165, 1.54) is 0 Å². The Labute approximate surface area is 147 Å². The van der Waals surface area contributed by atoms with Gasteiger partial charge in [0.25, 0.3) is 0 Å². The molecule has 1 aliphatic rings. The van der Waals surface area contributed by atoms with Crippen LogP contribution in [0.2, 0.25) is 0 Å². The fraction of sp³-hybridized carbons (Fsp3) is 0.357. The number of anilines is 1. The van der Waals surface area contributed by atoms with E-state index in [4.69, 9.17) is 0 Å². The van der Waals surface area contributed by atoms with E-state index in [-0.39, 0.29) is 23.4 Å². The lowest BCUT2D eigenvalue weighted by Gasteiger charge is -2.18. The number of alkyl halides is 6. The number of carbonyl (C=O) groups excluding carboxylic acids is 2. The van der Waals surface area contributed by atoms with E-state index in [2.05, 4.69) is 4.99 Å². The Morgan fingerprint density at radius 2 is 1.73 bits per heavy atom. The summed E-state index contributed by atoms with van der Waals surface area (Å²) >= 11 is 0.863. The Morgan fingerprint density at radius 3 is 2.19 bits per heavy atom. The third-order valence-electron chi connectivity index (χ3n) is 3.28. The zero-order valence-corrected chi connectivity index (χ0v) is 13.8. The van der Waals surface area contributed by atoms with Gasteiger partial charge < -0.3 is 5.32 Å². The molecule has 3 amide bonds. The second-order valence-corrected chi connectivity index (χ2v) is 5.92. The van der Waals surface area contributed by atoms with Gasteiger partial charge in [0.15, 0.2) is 5.17 Å². The van der Waals surface area contributed by atoms with Gasteiger partial charge in [-0.3, -0.25) is 9.69 Å². The highest BCUT2D eigenvalue weighted by Gasteiger charge is 2.41. The number of amides is 3. The number of hydrogen-bond donors (Lipinski definition) is 1. The van der Waals surface area contributed by atoms with Gasteiger partial charge in [0.05, 0.1) is 22.6 Å². The third kappa shape index (κ3) is 4.29. The van der Waals surface area contributed by atoms with Crippen molar-refractivity contribution in [2.45, 2.75) is 19.3 Å². The minimum absolute atomic E-state index is 0.0209. The van der Waals surface area contributed by atoms with E-state index in [0.29, 0.717) is 18.2 Å². The van der Waals surface area contributed by atoms with E-state index in [0.717, 1.165) is 16.7 Å². The van der Waals surface area contributed by atoms with Crippen LogP contribution in [0, 0.1) is 0 Å². The molecule has 142 valence electrons. The molecule has 1 heterocycles. The number of rotatable bonds is 2. The summed E-state index contributed by atoms with van der Waals surface area (Å²) in [6.07, 6.45) is -10.2. The van der Waals surface area contributed by atoms with Gasteiger partial charge in [-0.1, -0.05) is 17.8 Å². The Balaban J connectivity index is 2.42. The molecule has 26 heavy (non-hydrogen) atoms. The average molecular weight is 399 g/mol. The van der Waals surface area contributed by atoms with Crippen molar-refractivity contribution < 1.29 is 35.9 Å². The van der Waals surface area contributed by atoms with Crippen LogP contribution in [0.25, 0.3) is 0 Å². The molecule has 0 unspecified atom stereocenters. The number of thioether (sulfide) groups is 1. The van der Waals surface area contributed by atoms with Gasteiger partial charge in [-0.15, -0.1) is 0 Å². The van der Waals surface area contributed by atoms with Gasteiger partial charge in [0, 0.05) is 6.54 Å². The molecule has 0 radical (unpaired) electrons. The number of carbonyl (C=O) groups is 2. The van der Waals surface area contributed by atoms with Gasteiger partial charge in [-0.2, -0.15) is 31.3 Å². The first-order valence-corrected chi connectivity index (χ1v) is 8.04. The van der Waals surface area contributed by atoms with Gasteiger partial charge in [0.1, 0.15) is 0 Å². The maximum atomic E-state index is 13.0. The molecule has 1 N–H and O–H groups in total. The number of nitrogens with one attached hydrogen (secondary N) is 1. The first-order chi connectivity index (χ1) is 11.9. The number of amidine groups is 1. The van der Waals surface area contributed by atoms with Gasteiger partial charge >= 0.3 is 18.4 Å². The summed E-state index contributed by atoms with van der Waals surface area (Å²) in [6.45, 7) is 1.74. The van der Waals surface area contributed by atoms with Crippen LogP contribution in [0.3, 0.4) is 0 Å².